The van der Waals surface area contributed by atoms with Gasteiger partial charge < -0.3 is 10.2 Å². The number of rotatable bonds is 4. The number of benzene rings is 2. The van der Waals surface area contributed by atoms with Gasteiger partial charge >= 0.3 is 0 Å². The normalized spacial score (nSPS) is 17.0. The molecule has 0 saturated carbocycles. The lowest BCUT2D eigenvalue weighted by molar-refractivity contribution is -0.121. The molecule has 0 radical (unpaired) electrons. The number of amides is 2. The maximum atomic E-state index is 13.0. The van der Waals surface area contributed by atoms with Gasteiger partial charge in [0.2, 0.25) is 5.91 Å². The third kappa shape index (κ3) is 4.28. The molecule has 0 aliphatic carbocycles. The number of piperidine rings is 1. The predicted molar refractivity (Wildman–Crippen MR) is 99.5 cm³/mol. The third-order valence-electron chi connectivity index (χ3n) is 4.80. The summed E-state index contributed by atoms with van der Waals surface area (Å²) in [6.45, 7) is 3.09. The average molecular weight is 354 g/mol. The Balaban J connectivity index is 1.62. The highest BCUT2D eigenvalue weighted by molar-refractivity contribution is 5.96. The topological polar surface area (TPSA) is 49.4 Å². The van der Waals surface area contributed by atoms with Crippen LogP contribution in [0.2, 0.25) is 0 Å². The zero-order chi connectivity index (χ0) is 18.5. The van der Waals surface area contributed by atoms with E-state index in [0.29, 0.717) is 18.7 Å². The monoisotopic (exact) mass is 354 g/mol. The van der Waals surface area contributed by atoms with Crippen LogP contribution in [-0.4, -0.2) is 29.8 Å². The molecule has 2 amide bonds. The van der Waals surface area contributed by atoms with E-state index in [1.165, 1.54) is 29.8 Å². The van der Waals surface area contributed by atoms with E-state index in [4.69, 9.17) is 0 Å². The van der Waals surface area contributed by atoms with Crippen LogP contribution < -0.4 is 5.32 Å². The van der Waals surface area contributed by atoms with Crippen molar-refractivity contribution in [1.82, 2.24) is 4.90 Å². The fourth-order valence-electron chi connectivity index (χ4n) is 3.22. The molecule has 1 heterocycles. The Hall–Kier alpha value is -2.69. The van der Waals surface area contributed by atoms with Crippen LogP contribution in [0.4, 0.5) is 10.1 Å². The van der Waals surface area contributed by atoms with Crippen LogP contribution in [0.3, 0.4) is 0 Å². The van der Waals surface area contributed by atoms with E-state index in [1.807, 2.05) is 24.3 Å². The smallest absolute Gasteiger partial charge is 0.253 e. The van der Waals surface area contributed by atoms with E-state index < -0.39 is 0 Å². The van der Waals surface area contributed by atoms with Gasteiger partial charge in [-0.2, -0.15) is 0 Å². The summed E-state index contributed by atoms with van der Waals surface area (Å²) in [5, 5.41) is 2.94. The first-order chi connectivity index (χ1) is 12.6. The van der Waals surface area contributed by atoms with Crippen molar-refractivity contribution in [3.05, 3.63) is 65.5 Å². The van der Waals surface area contributed by atoms with Crippen molar-refractivity contribution in [2.75, 3.05) is 18.4 Å². The summed E-state index contributed by atoms with van der Waals surface area (Å²) < 4.78 is 13.0. The van der Waals surface area contributed by atoms with Gasteiger partial charge in [0.25, 0.3) is 5.91 Å². The maximum Gasteiger partial charge on any atom is 0.253 e. The molecule has 1 aliphatic rings. The van der Waals surface area contributed by atoms with Crippen LogP contribution in [0.15, 0.2) is 48.5 Å². The summed E-state index contributed by atoms with van der Waals surface area (Å²) in [6, 6.07) is 13.3. The van der Waals surface area contributed by atoms with Gasteiger partial charge in [-0.1, -0.05) is 19.1 Å². The molecule has 1 unspecified atom stereocenters. The fourth-order valence-corrected chi connectivity index (χ4v) is 3.22. The molecule has 3 rings (SSSR count). The van der Waals surface area contributed by atoms with Crippen LogP contribution in [0.25, 0.3) is 0 Å². The summed E-state index contributed by atoms with van der Waals surface area (Å²) in [4.78, 5) is 26.8. The van der Waals surface area contributed by atoms with Gasteiger partial charge in [0.05, 0.1) is 5.92 Å². The summed E-state index contributed by atoms with van der Waals surface area (Å²) in [7, 11) is 0. The molecule has 2 aromatic carbocycles. The molecule has 1 fully saturated rings. The Morgan fingerprint density at radius 2 is 1.81 bits per heavy atom. The second kappa shape index (κ2) is 8.13. The Bertz CT molecular complexity index is 772. The van der Waals surface area contributed by atoms with Crippen LogP contribution in [-0.2, 0) is 11.2 Å². The third-order valence-corrected chi connectivity index (χ3v) is 4.80. The molecule has 1 N–H and O–H groups in total. The number of hydrogen-bond acceptors (Lipinski definition) is 2. The van der Waals surface area contributed by atoms with Gasteiger partial charge in [-0.25, -0.2) is 4.39 Å². The first kappa shape index (κ1) is 18.1. The van der Waals surface area contributed by atoms with Crippen molar-refractivity contribution in [2.45, 2.75) is 26.2 Å². The number of nitrogens with one attached hydrogen (secondary N) is 1. The highest BCUT2D eigenvalue weighted by Gasteiger charge is 2.29. The quantitative estimate of drug-likeness (QED) is 0.906. The van der Waals surface area contributed by atoms with Gasteiger partial charge in [-0.05, 0) is 61.2 Å². The second-order valence-electron chi connectivity index (χ2n) is 6.64. The first-order valence-electron chi connectivity index (χ1n) is 9.01. The van der Waals surface area contributed by atoms with Crippen molar-refractivity contribution in [3.63, 3.8) is 0 Å². The first-order valence-corrected chi connectivity index (χ1v) is 9.01. The molecule has 136 valence electrons. The molecule has 26 heavy (non-hydrogen) atoms. The van der Waals surface area contributed by atoms with Crippen LogP contribution in [0.1, 0.15) is 35.7 Å². The van der Waals surface area contributed by atoms with Crippen LogP contribution in [0, 0.1) is 11.7 Å². The number of hydrogen-bond donors (Lipinski definition) is 1. The van der Waals surface area contributed by atoms with Gasteiger partial charge in [-0.3, -0.25) is 9.59 Å². The average Bonchev–Trinajstić information content (AvgIpc) is 2.68. The minimum Gasteiger partial charge on any atom is -0.338 e. The molecule has 0 aromatic heterocycles. The molecule has 1 atom stereocenters. The molecule has 0 bridgehead atoms. The van der Waals surface area contributed by atoms with E-state index in [1.54, 1.807) is 4.90 Å². The van der Waals surface area contributed by atoms with Crippen molar-refractivity contribution in [1.29, 1.82) is 0 Å². The highest BCUT2D eigenvalue weighted by atomic mass is 19.1. The Morgan fingerprint density at radius 3 is 2.46 bits per heavy atom. The lowest BCUT2D eigenvalue weighted by Gasteiger charge is -2.32. The second-order valence-corrected chi connectivity index (χ2v) is 6.64. The number of carbonyl (C=O) groups is 2. The lowest BCUT2D eigenvalue weighted by Crippen LogP contribution is -2.43. The number of anilines is 1. The molecule has 1 saturated heterocycles. The summed E-state index contributed by atoms with van der Waals surface area (Å²) in [5.74, 6) is -0.828. The molecule has 0 spiro atoms. The Morgan fingerprint density at radius 1 is 1.12 bits per heavy atom. The van der Waals surface area contributed by atoms with Gasteiger partial charge in [-0.15, -0.1) is 0 Å². The number of aryl methyl sites for hydroxylation is 1. The zero-order valence-corrected chi connectivity index (χ0v) is 14.9. The predicted octanol–water partition coefficient (Wildman–Crippen LogP) is 3.88. The number of carbonyl (C=O) groups excluding carboxylic acids is 2. The van der Waals surface area contributed by atoms with Gasteiger partial charge in [0.1, 0.15) is 5.82 Å². The summed E-state index contributed by atoms with van der Waals surface area (Å²) in [5.41, 5.74) is 2.44. The van der Waals surface area contributed by atoms with Gasteiger partial charge in [0.15, 0.2) is 0 Å². The molecule has 4 nitrogen and oxygen atoms in total. The van der Waals surface area contributed by atoms with Gasteiger partial charge in [0, 0.05) is 24.3 Å². The SMILES string of the molecule is CCc1ccc(NC(=O)C2CCCN(C(=O)c3ccc(F)cc3)C2)cc1. The lowest BCUT2D eigenvalue weighted by atomic mass is 9.96. The highest BCUT2D eigenvalue weighted by Crippen LogP contribution is 2.21. The molecular weight excluding hydrogens is 331 g/mol. The van der Waals surface area contributed by atoms with Crippen LogP contribution in [0.5, 0.6) is 0 Å². The van der Waals surface area contributed by atoms with Crippen molar-refractivity contribution in [3.8, 4) is 0 Å². The Kier molecular flexibility index (Phi) is 5.66. The molecule has 1 aliphatic heterocycles. The standard InChI is InChI=1S/C21H23FN2O2/c1-2-15-5-11-19(12-6-15)23-20(25)17-4-3-13-24(14-17)21(26)16-7-9-18(22)10-8-16/h5-12,17H,2-4,13-14H2,1H3,(H,23,25). The summed E-state index contributed by atoms with van der Waals surface area (Å²) >= 11 is 0. The number of halogens is 1. The summed E-state index contributed by atoms with van der Waals surface area (Å²) in [6.07, 6.45) is 2.49. The maximum absolute atomic E-state index is 13.0. The van der Waals surface area contributed by atoms with E-state index in [9.17, 15) is 14.0 Å². The van der Waals surface area contributed by atoms with E-state index >= 15 is 0 Å². The van der Waals surface area contributed by atoms with E-state index in [0.717, 1.165) is 24.9 Å². The zero-order valence-electron chi connectivity index (χ0n) is 14.9. The van der Waals surface area contributed by atoms with E-state index in [2.05, 4.69) is 12.2 Å². The minimum absolute atomic E-state index is 0.0640. The van der Waals surface area contributed by atoms with E-state index in [-0.39, 0.29) is 23.5 Å². The number of likely N-dealkylation sites (tertiary alicyclic amines) is 1. The van der Waals surface area contributed by atoms with Crippen molar-refractivity contribution >= 4 is 17.5 Å². The molecule has 2 aromatic rings. The largest absolute Gasteiger partial charge is 0.338 e. The number of nitrogens with zero attached hydrogens (tertiary/aromatic N) is 1. The molecular formula is C21H23FN2O2. The fraction of sp³-hybridized carbons (Fsp3) is 0.333. The Labute approximate surface area is 153 Å². The molecule has 5 heteroatoms. The van der Waals surface area contributed by atoms with Crippen molar-refractivity contribution < 1.29 is 14.0 Å². The van der Waals surface area contributed by atoms with Crippen molar-refractivity contribution in [2.24, 2.45) is 5.92 Å². The minimum atomic E-state index is -0.369. The van der Waals surface area contributed by atoms with Crippen LogP contribution >= 0.6 is 0 Å².